The lowest BCUT2D eigenvalue weighted by atomic mass is 10.1. The summed E-state index contributed by atoms with van der Waals surface area (Å²) in [5, 5.41) is 8.69. The molecule has 4 heteroatoms. The van der Waals surface area contributed by atoms with Gasteiger partial charge in [0.15, 0.2) is 0 Å². The first-order valence-electron chi connectivity index (χ1n) is 7.07. The van der Waals surface area contributed by atoms with Crippen LogP contribution in [0.15, 0.2) is 30.3 Å². The summed E-state index contributed by atoms with van der Waals surface area (Å²) in [5.41, 5.74) is 7.20. The van der Waals surface area contributed by atoms with Crippen LogP contribution >= 0.6 is 0 Å². The summed E-state index contributed by atoms with van der Waals surface area (Å²) in [6.07, 6.45) is 3.70. The Bertz CT molecular complexity index is 585. The van der Waals surface area contributed by atoms with Crippen LogP contribution in [0, 0.1) is 0 Å². The minimum Gasteiger partial charge on any atom is -0.324 e. The number of nitrogens with two attached hydrogens (primary N) is 1. The Morgan fingerprint density at radius 2 is 1.89 bits per heavy atom. The molecule has 0 spiro atoms. The van der Waals surface area contributed by atoms with Crippen molar-refractivity contribution in [2.75, 3.05) is 0 Å². The molecule has 2 saturated carbocycles. The van der Waals surface area contributed by atoms with Gasteiger partial charge in [0.05, 0.1) is 6.54 Å². The van der Waals surface area contributed by atoms with Gasteiger partial charge in [0, 0.05) is 12.0 Å². The highest BCUT2D eigenvalue weighted by Gasteiger charge is 2.45. The Balaban J connectivity index is 1.63. The van der Waals surface area contributed by atoms with Crippen LogP contribution in [0.1, 0.15) is 54.4 Å². The van der Waals surface area contributed by atoms with Crippen LogP contribution in [-0.4, -0.2) is 14.8 Å². The maximum atomic E-state index is 5.77. The molecule has 2 unspecified atom stereocenters. The first-order valence-corrected chi connectivity index (χ1v) is 7.07. The lowest BCUT2D eigenvalue weighted by molar-refractivity contribution is 0.641. The summed E-state index contributed by atoms with van der Waals surface area (Å²) in [5.74, 6) is 3.28. The predicted molar refractivity (Wildman–Crippen MR) is 72.7 cm³/mol. The normalized spacial score (nSPS) is 25.5. The molecule has 4 rings (SSSR count). The molecule has 0 amide bonds. The zero-order valence-corrected chi connectivity index (χ0v) is 10.9. The highest BCUT2D eigenvalue weighted by Crippen LogP contribution is 2.55. The second-order valence-electron chi connectivity index (χ2n) is 5.64. The molecule has 0 bridgehead atoms. The number of nitrogens with zero attached hydrogens (tertiary/aromatic N) is 3. The fraction of sp³-hybridized carbons (Fsp3) is 0.467. The van der Waals surface area contributed by atoms with Crippen molar-refractivity contribution in [2.24, 2.45) is 5.73 Å². The molecular formula is C15H18N4. The minimum atomic E-state index is 0.492. The maximum absolute atomic E-state index is 5.77. The van der Waals surface area contributed by atoms with Crippen molar-refractivity contribution >= 4 is 0 Å². The number of hydrogen-bond donors (Lipinski definition) is 1. The van der Waals surface area contributed by atoms with Gasteiger partial charge in [-0.25, -0.2) is 0 Å². The molecule has 2 fully saturated rings. The van der Waals surface area contributed by atoms with Gasteiger partial charge >= 0.3 is 0 Å². The molecular weight excluding hydrogens is 236 g/mol. The van der Waals surface area contributed by atoms with Crippen LogP contribution in [0.4, 0.5) is 0 Å². The second kappa shape index (κ2) is 4.17. The summed E-state index contributed by atoms with van der Waals surface area (Å²) in [6, 6.07) is 11.3. The number of aromatic nitrogens is 3. The Hall–Kier alpha value is -1.68. The molecule has 0 saturated heterocycles. The monoisotopic (exact) mass is 254 g/mol. The molecule has 2 aliphatic rings. The summed E-state index contributed by atoms with van der Waals surface area (Å²) in [7, 11) is 0. The van der Waals surface area contributed by atoms with Crippen molar-refractivity contribution in [1.82, 2.24) is 14.8 Å². The summed E-state index contributed by atoms with van der Waals surface area (Å²) in [4.78, 5) is 0. The van der Waals surface area contributed by atoms with Gasteiger partial charge in [0.1, 0.15) is 11.6 Å². The Labute approximate surface area is 112 Å². The topological polar surface area (TPSA) is 56.7 Å². The van der Waals surface area contributed by atoms with Gasteiger partial charge in [-0.2, -0.15) is 0 Å². The third-order valence-corrected chi connectivity index (χ3v) is 4.24. The zero-order valence-electron chi connectivity index (χ0n) is 10.9. The van der Waals surface area contributed by atoms with E-state index in [1.54, 1.807) is 0 Å². The molecule has 0 radical (unpaired) electrons. The zero-order chi connectivity index (χ0) is 12.8. The Morgan fingerprint density at radius 3 is 2.58 bits per heavy atom. The van der Waals surface area contributed by atoms with Gasteiger partial charge in [-0.05, 0) is 30.7 Å². The first-order chi connectivity index (χ1) is 9.38. The third kappa shape index (κ3) is 1.87. The predicted octanol–water partition coefficient (Wildman–Crippen LogP) is 2.34. The van der Waals surface area contributed by atoms with E-state index < -0.39 is 0 Å². The summed E-state index contributed by atoms with van der Waals surface area (Å²) in [6.45, 7) is 0.492. The second-order valence-corrected chi connectivity index (χ2v) is 5.64. The standard InChI is InChI=1S/C15H18N4/c16-9-14-17-18-15(19(14)11-6-7-11)13-8-12(13)10-4-2-1-3-5-10/h1-5,11-13H,6-9,16H2. The quantitative estimate of drug-likeness (QED) is 0.911. The summed E-state index contributed by atoms with van der Waals surface area (Å²) < 4.78 is 2.31. The van der Waals surface area contributed by atoms with Crippen LogP contribution in [0.3, 0.4) is 0 Å². The van der Waals surface area contributed by atoms with Gasteiger partial charge < -0.3 is 10.3 Å². The van der Waals surface area contributed by atoms with Crippen LogP contribution in [-0.2, 0) is 6.54 Å². The van der Waals surface area contributed by atoms with E-state index in [4.69, 9.17) is 5.73 Å². The van der Waals surface area contributed by atoms with Gasteiger partial charge in [0.2, 0.25) is 0 Å². The number of hydrogen-bond acceptors (Lipinski definition) is 3. The van der Waals surface area contributed by atoms with E-state index in [2.05, 4.69) is 45.1 Å². The molecule has 0 aliphatic heterocycles. The molecule has 2 aromatic rings. The molecule has 2 N–H and O–H groups in total. The SMILES string of the molecule is NCc1nnc(C2CC2c2ccccc2)n1C1CC1. The van der Waals surface area contributed by atoms with E-state index in [0.717, 1.165) is 11.6 Å². The highest BCUT2D eigenvalue weighted by atomic mass is 15.3. The van der Waals surface area contributed by atoms with Crippen molar-refractivity contribution in [3.63, 3.8) is 0 Å². The van der Waals surface area contributed by atoms with Gasteiger partial charge in [-0.3, -0.25) is 0 Å². The van der Waals surface area contributed by atoms with Gasteiger partial charge in [0.25, 0.3) is 0 Å². The van der Waals surface area contributed by atoms with Crippen molar-refractivity contribution in [3.05, 3.63) is 47.5 Å². The van der Waals surface area contributed by atoms with E-state index in [1.807, 2.05) is 0 Å². The van der Waals surface area contributed by atoms with Crippen molar-refractivity contribution in [1.29, 1.82) is 0 Å². The molecule has 1 aromatic heterocycles. The fourth-order valence-corrected chi connectivity index (χ4v) is 3.01. The smallest absolute Gasteiger partial charge is 0.147 e. The van der Waals surface area contributed by atoms with E-state index >= 15 is 0 Å². The molecule has 1 aromatic carbocycles. The van der Waals surface area contributed by atoms with E-state index in [-0.39, 0.29) is 0 Å². The first kappa shape index (κ1) is 11.2. The number of benzene rings is 1. The van der Waals surface area contributed by atoms with Crippen molar-refractivity contribution < 1.29 is 0 Å². The molecule has 98 valence electrons. The summed E-state index contributed by atoms with van der Waals surface area (Å²) >= 11 is 0. The van der Waals surface area contributed by atoms with Crippen molar-refractivity contribution in [2.45, 2.75) is 43.7 Å². The van der Waals surface area contributed by atoms with Crippen LogP contribution < -0.4 is 5.73 Å². The molecule has 2 aliphatic carbocycles. The average Bonchev–Trinajstić information content (AvgIpc) is 3.38. The maximum Gasteiger partial charge on any atom is 0.147 e. The van der Waals surface area contributed by atoms with E-state index in [9.17, 15) is 0 Å². The lowest BCUT2D eigenvalue weighted by Gasteiger charge is -2.07. The minimum absolute atomic E-state index is 0.492. The fourth-order valence-electron chi connectivity index (χ4n) is 3.01. The molecule has 1 heterocycles. The average molecular weight is 254 g/mol. The lowest BCUT2D eigenvalue weighted by Crippen LogP contribution is -2.09. The third-order valence-electron chi connectivity index (χ3n) is 4.24. The Morgan fingerprint density at radius 1 is 1.11 bits per heavy atom. The van der Waals surface area contributed by atoms with E-state index in [1.165, 1.54) is 24.8 Å². The molecule has 2 atom stereocenters. The van der Waals surface area contributed by atoms with Crippen molar-refractivity contribution in [3.8, 4) is 0 Å². The van der Waals surface area contributed by atoms with Crippen LogP contribution in [0.25, 0.3) is 0 Å². The van der Waals surface area contributed by atoms with E-state index in [0.29, 0.717) is 24.4 Å². The molecule has 19 heavy (non-hydrogen) atoms. The van der Waals surface area contributed by atoms with Crippen LogP contribution in [0.2, 0.25) is 0 Å². The number of rotatable bonds is 4. The largest absolute Gasteiger partial charge is 0.324 e. The Kier molecular flexibility index (Phi) is 2.45. The van der Waals surface area contributed by atoms with Gasteiger partial charge in [-0.1, -0.05) is 30.3 Å². The van der Waals surface area contributed by atoms with Crippen LogP contribution in [0.5, 0.6) is 0 Å². The molecule has 4 nitrogen and oxygen atoms in total. The van der Waals surface area contributed by atoms with Gasteiger partial charge in [-0.15, -0.1) is 10.2 Å². The highest BCUT2D eigenvalue weighted by molar-refractivity contribution is 5.32.